The maximum atomic E-state index is 11.1. The first kappa shape index (κ1) is 15.2. The molecule has 21 heavy (non-hydrogen) atoms. The number of nitrogens with zero attached hydrogens (tertiary/aromatic N) is 2. The Morgan fingerprint density at radius 1 is 1.29 bits per heavy atom. The van der Waals surface area contributed by atoms with Crippen LogP contribution < -0.4 is 5.32 Å². The zero-order valence-electron chi connectivity index (χ0n) is 12.0. The summed E-state index contributed by atoms with van der Waals surface area (Å²) in [5, 5.41) is 24.5. The number of pyridine rings is 1. The van der Waals surface area contributed by atoms with Gasteiger partial charge >= 0.3 is 0 Å². The first-order chi connectivity index (χ1) is 10.1. The summed E-state index contributed by atoms with van der Waals surface area (Å²) >= 11 is 0. The Morgan fingerprint density at radius 2 is 2.10 bits per heavy atom. The Morgan fingerprint density at radius 3 is 2.81 bits per heavy atom. The average molecular weight is 289 g/mol. The molecule has 0 fully saturated rings. The fraction of sp³-hybridized carbons (Fsp3) is 0.400. The third-order valence-electron chi connectivity index (χ3n) is 3.36. The molecular weight excluding hydrogens is 270 g/mol. The van der Waals surface area contributed by atoms with Crippen LogP contribution in [0.25, 0.3) is 10.8 Å². The molecular formula is C15H19N3O3. The van der Waals surface area contributed by atoms with Crippen LogP contribution in [0.15, 0.2) is 24.4 Å². The van der Waals surface area contributed by atoms with Crippen molar-refractivity contribution < 1.29 is 10.0 Å². The Labute approximate surface area is 123 Å². The number of benzene rings is 1. The van der Waals surface area contributed by atoms with E-state index in [1.165, 1.54) is 6.07 Å². The normalized spacial score (nSPS) is 10.8. The molecule has 0 aliphatic rings. The summed E-state index contributed by atoms with van der Waals surface area (Å²) in [5.74, 6) is 0. The van der Waals surface area contributed by atoms with Crippen LogP contribution in [0.4, 0.5) is 11.4 Å². The number of fused-ring (bicyclic) bond motifs is 1. The molecule has 0 atom stereocenters. The smallest absolute Gasteiger partial charge is 0.278 e. The molecule has 0 radical (unpaired) electrons. The lowest BCUT2D eigenvalue weighted by Gasteiger charge is -2.10. The van der Waals surface area contributed by atoms with Gasteiger partial charge in [0.25, 0.3) is 5.69 Å². The van der Waals surface area contributed by atoms with E-state index in [2.05, 4.69) is 10.3 Å². The van der Waals surface area contributed by atoms with Crippen LogP contribution in [0.2, 0.25) is 0 Å². The summed E-state index contributed by atoms with van der Waals surface area (Å²) in [7, 11) is 0. The van der Waals surface area contributed by atoms with Crippen molar-refractivity contribution in [3.05, 3.63) is 40.2 Å². The number of anilines is 1. The van der Waals surface area contributed by atoms with Crippen molar-refractivity contribution in [3.8, 4) is 0 Å². The first-order valence-corrected chi connectivity index (χ1v) is 7.02. The zero-order chi connectivity index (χ0) is 15.2. The van der Waals surface area contributed by atoms with E-state index >= 15 is 0 Å². The number of hydrogen-bond donors (Lipinski definition) is 2. The van der Waals surface area contributed by atoms with Gasteiger partial charge in [-0.15, -0.1) is 0 Å². The highest BCUT2D eigenvalue weighted by atomic mass is 16.6. The van der Waals surface area contributed by atoms with Gasteiger partial charge in [-0.05, 0) is 38.3 Å². The topological polar surface area (TPSA) is 88.3 Å². The minimum Gasteiger partial charge on any atom is -0.396 e. The largest absolute Gasteiger partial charge is 0.396 e. The van der Waals surface area contributed by atoms with Gasteiger partial charge in [-0.3, -0.25) is 15.1 Å². The molecule has 1 aromatic heterocycles. The Hall–Kier alpha value is -2.21. The molecule has 2 N–H and O–H groups in total. The lowest BCUT2D eigenvalue weighted by Crippen LogP contribution is -2.03. The molecule has 0 saturated heterocycles. The third kappa shape index (κ3) is 3.66. The van der Waals surface area contributed by atoms with Crippen LogP contribution in [0.3, 0.4) is 0 Å². The van der Waals surface area contributed by atoms with E-state index in [9.17, 15) is 10.1 Å². The Kier molecular flexibility index (Phi) is 5.05. The lowest BCUT2D eigenvalue weighted by molar-refractivity contribution is -0.383. The van der Waals surface area contributed by atoms with Crippen molar-refractivity contribution in [1.82, 2.24) is 4.98 Å². The van der Waals surface area contributed by atoms with E-state index in [1.807, 2.05) is 13.0 Å². The van der Waals surface area contributed by atoms with Gasteiger partial charge in [0.2, 0.25) is 0 Å². The van der Waals surface area contributed by atoms with E-state index in [0.29, 0.717) is 5.39 Å². The van der Waals surface area contributed by atoms with Crippen molar-refractivity contribution in [2.24, 2.45) is 0 Å². The number of non-ortho nitro benzene ring substituents is 1. The summed E-state index contributed by atoms with van der Waals surface area (Å²) in [5.41, 5.74) is 1.78. The number of rotatable bonds is 7. The second-order valence-corrected chi connectivity index (χ2v) is 4.97. The highest BCUT2D eigenvalue weighted by molar-refractivity contribution is 5.99. The van der Waals surface area contributed by atoms with E-state index < -0.39 is 0 Å². The highest BCUT2D eigenvalue weighted by Crippen LogP contribution is 2.31. The predicted molar refractivity (Wildman–Crippen MR) is 82.6 cm³/mol. The summed E-state index contributed by atoms with van der Waals surface area (Å²) < 4.78 is 0. The maximum absolute atomic E-state index is 11.1. The zero-order valence-corrected chi connectivity index (χ0v) is 12.0. The predicted octanol–water partition coefficient (Wildman–Crippen LogP) is 3.03. The molecule has 0 aliphatic carbocycles. The second-order valence-electron chi connectivity index (χ2n) is 4.97. The van der Waals surface area contributed by atoms with Crippen molar-refractivity contribution in [1.29, 1.82) is 0 Å². The van der Waals surface area contributed by atoms with Gasteiger partial charge in [0.15, 0.2) is 0 Å². The Bertz CT molecular complexity index is 643. The van der Waals surface area contributed by atoms with E-state index in [-0.39, 0.29) is 17.2 Å². The second kappa shape index (κ2) is 6.99. The number of aliphatic hydroxyl groups is 1. The molecule has 0 saturated carbocycles. The van der Waals surface area contributed by atoms with Gasteiger partial charge in [0, 0.05) is 42.2 Å². The number of aromatic nitrogens is 1. The lowest BCUT2D eigenvalue weighted by atomic mass is 10.1. The molecule has 0 unspecified atom stereocenters. The molecule has 0 amide bonds. The van der Waals surface area contributed by atoms with E-state index in [4.69, 9.17) is 5.11 Å². The summed E-state index contributed by atoms with van der Waals surface area (Å²) in [4.78, 5) is 14.8. The Balaban J connectivity index is 2.25. The minimum absolute atomic E-state index is 0.0725. The molecule has 6 nitrogen and oxygen atoms in total. The van der Waals surface area contributed by atoms with Gasteiger partial charge in [-0.2, -0.15) is 0 Å². The molecule has 1 heterocycles. The fourth-order valence-corrected chi connectivity index (χ4v) is 2.28. The van der Waals surface area contributed by atoms with Crippen LogP contribution in [-0.4, -0.2) is 28.2 Å². The van der Waals surface area contributed by atoms with Crippen LogP contribution in [-0.2, 0) is 0 Å². The minimum atomic E-state index is -0.385. The summed E-state index contributed by atoms with van der Waals surface area (Å²) in [6.07, 6.45) is 4.25. The van der Waals surface area contributed by atoms with Crippen LogP contribution in [0.5, 0.6) is 0 Å². The molecule has 2 rings (SSSR count). The number of aliphatic hydroxyl groups excluding tert-OH is 1. The standard InChI is InChI=1S/C15H19N3O3/c1-11-9-12-13(10-17-11)15(18(20)21)6-5-14(12)16-7-3-2-4-8-19/h5-6,9-10,16,19H,2-4,7-8H2,1H3. The molecule has 112 valence electrons. The number of nitro benzene ring substituents is 1. The molecule has 1 aromatic carbocycles. The van der Waals surface area contributed by atoms with Crippen LogP contribution in [0.1, 0.15) is 25.0 Å². The molecule has 0 spiro atoms. The monoisotopic (exact) mass is 289 g/mol. The quantitative estimate of drug-likeness (QED) is 0.464. The molecule has 0 bridgehead atoms. The maximum Gasteiger partial charge on any atom is 0.278 e. The number of hydrogen-bond acceptors (Lipinski definition) is 5. The molecule has 6 heteroatoms. The SMILES string of the molecule is Cc1cc2c(NCCCCCO)ccc([N+](=O)[O-])c2cn1. The van der Waals surface area contributed by atoms with Crippen molar-refractivity contribution in [2.45, 2.75) is 26.2 Å². The van der Waals surface area contributed by atoms with Gasteiger partial charge in [-0.25, -0.2) is 0 Å². The average Bonchev–Trinajstić information content (AvgIpc) is 2.46. The third-order valence-corrected chi connectivity index (χ3v) is 3.36. The van der Waals surface area contributed by atoms with Crippen molar-refractivity contribution >= 4 is 22.1 Å². The number of nitro groups is 1. The van der Waals surface area contributed by atoms with Crippen LogP contribution >= 0.6 is 0 Å². The van der Waals surface area contributed by atoms with Crippen LogP contribution in [0, 0.1) is 17.0 Å². The molecule has 2 aromatic rings. The van der Waals surface area contributed by atoms with E-state index in [0.717, 1.165) is 42.6 Å². The fourth-order valence-electron chi connectivity index (χ4n) is 2.28. The number of aryl methyl sites for hydroxylation is 1. The van der Waals surface area contributed by atoms with E-state index in [1.54, 1.807) is 12.3 Å². The highest BCUT2D eigenvalue weighted by Gasteiger charge is 2.14. The van der Waals surface area contributed by atoms with Gasteiger partial charge < -0.3 is 10.4 Å². The first-order valence-electron chi connectivity index (χ1n) is 7.02. The van der Waals surface area contributed by atoms with Gasteiger partial charge in [0.05, 0.1) is 10.3 Å². The number of nitrogens with one attached hydrogen (secondary N) is 1. The number of unbranched alkanes of at least 4 members (excludes halogenated alkanes) is 2. The summed E-state index contributed by atoms with van der Waals surface area (Å²) in [6, 6.07) is 5.11. The van der Waals surface area contributed by atoms with Crippen molar-refractivity contribution in [3.63, 3.8) is 0 Å². The molecule has 0 aliphatic heterocycles. The van der Waals surface area contributed by atoms with Gasteiger partial charge in [-0.1, -0.05) is 0 Å². The summed E-state index contributed by atoms with van der Waals surface area (Å²) in [6.45, 7) is 2.85. The van der Waals surface area contributed by atoms with Gasteiger partial charge in [0.1, 0.15) is 0 Å². The van der Waals surface area contributed by atoms with Crippen molar-refractivity contribution in [2.75, 3.05) is 18.5 Å².